The maximum absolute atomic E-state index is 12.3. The van der Waals surface area contributed by atoms with Crippen molar-refractivity contribution in [2.24, 2.45) is 0 Å². The lowest BCUT2D eigenvalue weighted by atomic mass is 10.3. The lowest BCUT2D eigenvalue weighted by molar-refractivity contribution is -0.384. The van der Waals surface area contributed by atoms with Gasteiger partial charge in [-0.25, -0.2) is 4.79 Å². The van der Waals surface area contributed by atoms with Crippen LogP contribution in [0.5, 0.6) is 5.75 Å². The van der Waals surface area contributed by atoms with E-state index in [1.165, 1.54) is 0 Å². The van der Waals surface area contributed by atoms with Crippen LogP contribution in [0.1, 0.15) is 5.69 Å². The maximum atomic E-state index is 12.3. The number of halogens is 3. The number of nitro benzene ring substituents is 1. The third-order valence-electron chi connectivity index (χ3n) is 2.32. The number of aromatic nitrogens is 2. The highest BCUT2D eigenvalue weighted by molar-refractivity contribution is 5.72. The Morgan fingerprint density at radius 3 is 2.33 bits per heavy atom. The van der Waals surface area contributed by atoms with E-state index < -0.39 is 22.9 Å². The Labute approximate surface area is 114 Å². The number of hydrogen-bond donors (Lipinski definition) is 0. The molecule has 0 N–H and O–H groups in total. The number of nitro groups is 1. The third-order valence-corrected chi connectivity index (χ3v) is 2.32. The van der Waals surface area contributed by atoms with Gasteiger partial charge in [0.25, 0.3) is 5.69 Å². The first-order chi connectivity index (χ1) is 9.77. The number of rotatable bonds is 2. The predicted molar refractivity (Wildman–Crippen MR) is 61.7 cm³/mol. The zero-order chi connectivity index (χ0) is 15.6. The second kappa shape index (κ2) is 5.23. The molecule has 0 bridgehead atoms. The van der Waals surface area contributed by atoms with E-state index in [2.05, 4.69) is 5.10 Å². The van der Waals surface area contributed by atoms with Gasteiger partial charge in [-0.15, -0.1) is 0 Å². The summed E-state index contributed by atoms with van der Waals surface area (Å²) < 4.78 is 42.1. The normalized spacial score (nSPS) is 11.2. The van der Waals surface area contributed by atoms with Gasteiger partial charge in [0.2, 0.25) is 0 Å². The van der Waals surface area contributed by atoms with Gasteiger partial charge in [0.15, 0.2) is 5.69 Å². The Kier molecular flexibility index (Phi) is 3.61. The van der Waals surface area contributed by atoms with Gasteiger partial charge < -0.3 is 4.74 Å². The average molecular weight is 301 g/mol. The van der Waals surface area contributed by atoms with Crippen molar-refractivity contribution in [1.82, 2.24) is 9.78 Å². The molecule has 0 saturated heterocycles. The monoisotopic (exact) mass is 301 g/mol. The summed E-state index contributed by atoms with van der Waals surface area (Å²) in [4.78, 5) is 21.3. The zero-order valence-electron chi connectivity index (χ0n) is 10.1. The van der Waals surface area contributed by atoms with Crippen LogP contribution in [0.2, 0.25) is 0 Å². The molecule has 0 aliphatic carbocycles. The van der Waals surface area contributed by atoms with Crippen molar-refractivity contribution < 1.29 is 27.6 Å². The minimum atomic E-state index is -4.67. The fraction of sp³-hybridized carbons (Fsp3) is 0.0909. The van der Waals surface area contributed by atoms with Crippen molar-refractivity contribution >= 4 is 11.8 Å². The fourth-order valence-electron chi connectivity index (χ4n) is 1.36. The van der Waals surface area contributed by atoms with E-state index in [-0.39, 0.29) is 11.4 Å². The standard InChI is InChI=1S/C11H6F3N3O4/c12-11(13,14)9-5-6-16(15-9)10(18)21-8-3-1-7(2-4-8)17(19)20/h1-6H. The van der Waals surface area contributed by atoms with Gasteiger partial charge >= 0.3 is 12.3 Å². The van der Waals surface area contributed by atoms with Gasteiger partial charge in [-0.3, -0.25) is 10.1 Å². The summed E-state index contributed by atoms with van der Waals surface area (Å²) in [6.07, 6.45) is -5.03. The van der Waals surface area contributed by atoms with E-state index in [0.717, 1.165) is 30.5 Å². The summed E-state index contributed by atoms with van der Waals surface area (Å²) in [6.45, 7) is 0. The summed E-state index contributed by atoms with van der Waals surface area (Å²) in [7, 11) is 0. The Morgan fingerprint density at radius 1 is 1.24 bits per heavy atom. The molecule has 110 valence electrons. The topological polar surface area (TPSA) is 87.3 Å². The summed E-state index contributed by atoms with van der Waals surface area (Å²) in [5, 5.41) is 13.5. The van der Waals surface area contributed by atoms with Gasteiger partial charge in [-0.2, -0.15) is 23.0 Å². The number of alkyl halides is 3. The Balaban J connectivity index is 2.11. The number of ether oxygens (including phenoxy) is 1. The number of non-ortho nitro benzene ring substituents is 1. The summed E-state index contributed by atoms with van der Waals surface area (Å²) in [5.41, 5.74) is -1.45. The van der Waals surface area contributed by atoms with Crippen LogP contribution < -0.4 is 4.74 Å². The molecule has 10 heteroatoms. The minimum absolute atomic E-state index is 0.0605. The first-order valence-corrected chi connectivity index (χ1v) is 5.37. The van der Waals surface area contributed by atoms with Crippen molar-refractivity contribution in [3.63, 3.8) is 0 Å². The van der Waals surface area contributed by atoms with Crippen molar-refractivity contribution in [2.45, 2.75) is 6.18 Å². The molecule has 21 heavy (non-hydrogen) atoms. The number of carbonyl (C=O) groups is 1. The van der Waals surface area contributed by atoms with Crippen LogP contribution in [0.3, 0.4) is 0 Å². The molecule has 1 aromatic carbocycles. The molecule has 0 aliphatic rings. The molecular formula is C11H6F3N3O4. The van der Waals surface area contributed by atoms with Gasteiger partial charge in [0.05, 0.1) is 4.92 Å². The first kappa shape index (κ1) is 14.5. The second-order valence-electron chi connectivity index (χ2n) is 3.76. The summed E-state index contributed by atoms with van der Waals surface area (Å²) >= 11 is 0. The van der Waals surface area contributed by atoms with E-state index in [0.29, 0.717) is 10.7 Å². The minimum Gasteiger partial charge on any atom is -0.409 e. The molecule has 0 radical (unpaired) electrons. The van der Waals surface area contributed by atoms with Crippen molar-refractivity contribution in [2.75, 3.05) is 0 Å². The first-order valence-electron chi connectivity index (χ1n) is 5.37. The average Bonchev–Trinajstić information content (AvgIpc) is 2.88. The lowest BCUT2D eigenvalue weighted by Crippen LogP contribution is -2.18. The van der Waals surface area contributed by atoms with Crippen molar-refractivity contribution in [1.29, 1.82) is 0 Å². The molecule has 0 unspecified atom stereocenters. The Morgan fingerprint density at radius 2 is 1.86 bits per heavy atom. The van der Waals surface area contributed by atoms with E-state index >= 15 is 0 Å². The maximum Gasteiger partial charge on any atom is 0.440 e. The van der Waals surface area contributed by atoms with Gasteiger partial charge in [0, 0.05) is 18.3 Å². The Bertz CT molecular complexity index is 679. The molecule has 2 aromatic rings. The third kappa shape index (κ3) is 3.35. The highest BCUT2D eigenvalue weighted by Gasteiger charge is 2.34. The summed E-state index contributed by atoms with van der Waals surface area (Å²) in [5.74, 6) is -0.0605. The number of benzene rings is 1. The van der Waals surface area contributed by atoms with Crippen LogP contribution in [-0.4, -0.2) is 20.8 Å². The second-order valence-corrected chi connectivity index (χ2v) is 3.76. The Hall–Kier alpha value is -2.91. The van der Waals surface area contributed by atoms with Gasteiger partial charge in [-0.05, 0) is 18.2 Å². The zero-order valence-corrected chi connectivity index (χ0v) is 10.1. The molecule has 0 aliphatic heterocycles. The molecular weight excluding hydrogens is 295 g/mol. The van der Waals surface area contributed by atoms with E-state index in [4.69, 9.17) is 4.74 Å². The van der Waals surface area contributed by atoms with Gasteiger partial charge in [0.1, 0.15) is 5.75 Å². The SMILES string of the molecule is O=C(Oc1ccc([N+](=O)[O-])cc1)n1ccc(C(F)(F)F)n1. The number of hydrogen-bond acceptors (Lipinski definition) is 5. The number of nitrogens with zero attached hydrogens (tertiary/aromatic N) is 3. The van der Waals surface area contributed by atoms with Crippen molar-refractivity contribution in [3.8, 4) is 5.75 Å². The molecule has 1 aromatic heterocycles. The predicted octanol–water partition coefficient (Wildman–Crippen LogP) is 2.86. The van der Waals surface area contributed by atoms with Crippen molar-refractivity contribution in [3.05, 3.63) is 52.3 Å². The molecule has 0 amide bonds. The molecule has 0 spiro atoms. The largest absolute Gasteiger partial charge is 0.440 e. The van der Waals surface area contributed by atoms with Crippen LogP contribution in [-0.2, 0) is 6.18 Å². The molecule has 0 fully saturated rings. The van der Waals surface area contributed by atoms with E-state index in [1.54, 1.807) is 0 Å². The van der Waals surface area contributed by atoms with Crippen LogP contribution in [0.15, 0.2) is 36.5 Å². The lowest BCUT2D eigenvalue weighted by Gasteiger charge is -2.04. The molecule has 0 saturated carbocycles. The smallest absolute Gasteiger partial charge is 0.409 e. The van der Waals surface area contributed by atoms with E-state index in [1.807, 2.05) is 0 Å². The highest BCUT2D eigenvalue weighted by Crippen LogP contribution is 2.27. The van der Waals surface area contributed by atoms with E-state index in [9.17, 15) is 28.1 Å². The molecule has 2 rings (SSSR count). The van der Waals surface area contributed by atoms with Crippen LogP contribution in [0.4, 0.5) is 23.7 Å². The molecule has 1 heterocycles. The molecule has 0 atom stereocenters. The number of carbonyl (C=O) groups excluding carboxylic acids is 1. The van der Waals surface area contributed by atoms with Gasteiger partial charge in [-0.1, -0.05) is 0 Å². The summed E-state index contributed by atoms with van der Waals surface area (Å²) in [6, 6.07) is 5.09. The van der Waals surface area contributed by atoms with Crippen LogP contribution in [0.25, 0.3) is 0 Å². The van der Waals surface area contributed by atoms with Crippen LogP contribution >= 0.6 is 0 Å². The molecule has 7 nitrogen and oxygen atoms in total. The van der Waals surface area contributed by atoms with Crippen LogP contribution in [0, 0.1) is 10.1 Å². The quantitative estimate of drug-likeness (QED) is 0.628. The fourth-order valence-corrected chi connectivity index (χ4v) is 1.36. The highest BCUT2D eigenvalue weighted by atomic mass is 19.4.